The number of aliphatic hydroxyl groups excluding tert-OH is 1. The van der Waals surface area contributed by atoms with Crippen molar-refractivity contribution >= 4 is 21.9 Å². The van der Waals surface area contributed by atoms with Crippen molar-refractivity contribution in [1.29, 1.82) is 0 Å². The second kappa shape index (κ2) is 7.55. The molecule has 72 valence electrons. The number of rotatable bonds is 6. The van der Waals surface area contributed by atoms with Crippen molar-refractivity contribution in [1.82, 2.24) is 0 Å². The van der Waals surface area contributed by atoms with Crippen LogP contribution in [0.4, 0.5) is 0 Å². The first kappa shape index (κ1) is 11.9. The van der Waals surface area contributed by atoms with Gasteiger partial charge in [0.05, 0.1) is 0 Å². The predicted molar refractivity (Wildman–Crippen MR) is 50.0 cm³/mol. The van der Waals surface area contributed by atoms with Crippen LogP contribution in [0.1, 0.15) is 32.6 Å². The molecule has 4 heteroatoms. The lowest BCUT2D eigenvalue weighted by Crippen LogP contribution is -2.13. The van der Waals surface area contributed by atoms with Gasteiger partial charge in [-0.2, -0.15) is 0 Å². The molecule has 12 heavy (non-hydrogen) atoms. The number of carbonyl (C=O) groups is 1. The lowest BCUT2D eigenvalue weighted by atomic mass is 10.2. The molecule has 0 aromatic heterocycles. The minimum absolute atomic E-state index is 0.320. The van der Waals surface area contributed by atoms with Crippen LogP contribution in [-0.2, 0) is 9.53 Å². The number of unbranched alkanes of at least 4 members (excludes halogenated alkanes) is 2. The van der Waals surface area contributed by atoms with E-state index in [1.54, 1.807) is 0 Å². The van der Waals surface area contributed by atoms with Crippen LogP contribution in [0, 0.1) is 0 Å². The molecule has 0 aliphatic heterocycles. The highest BCUT2D eigenvalue weighted by atomic mass is 79.9. The van der Waals surface area contributed by atoms with Gasteiger partial charge in [-0.25, -0.2) is 0 Å². The molecule has 0 aromatic carbocycles. The summed E-state index contributed by atoms with van der Waals surface area (Å²) in [7, 11) is 0. The summed E-state index contributed by atoms with van der Waals surface area (Å²) in [6, 6.07) is 0. The molecule has 1 unspecified atom stereocenters. The monoisotopic (exact) mass is 238 g/mol. The maximum Gasteiger partial charge on any atom is 0.308 e. The zero-order valence-electron chi connectivity index (χ0n) is 7.25. The molecule has 0 saturated heterocycles. The van der Waals surface area contributed by atoms with E-state index in [4.69, 9.17) is 5.11 Å². The van der Waals surface area contributed by atoms with E-state index in [1.165, 1.54) is 6.92 Å². The largest absolute Gasteiger partial charge is 0.436 e. The van der Waals surface area contributed by atoms with Crippen molar-refractivity contribution in [2.24, 2.45) is 0 Å². The van der Waals surface area contributed by atoms with E-state index in [2.05, 4.69) is 20.7 Å². The molecule has 0 fully saturated rings. The topological polar surface area (TPSA) is 46.5 Å². The smallest absolute Gasteiger partial charge is 0.308 e. The van der Waals surface area contributed by atoms with E-state index in [1.807, 2.05) is 0 Å². The number of hydrogen-bond donors (Lipinski definition) is 1. The SMILES string of the molecule is CC(O)OC(=O)CCCCCBr. The van der Waals surface area contributed by atoms with Crippen LogP contribution in [0.2, 0.25) is 0 Å². The van der Waals surface area contributed by atoms with Gasteiger partial charge < -0.3 is 9.84 Å². The number of esters is 1. The maximum atomic E-state index is 10.8. The Morgan fingerprint density at radius 2 is 2.17 bits per heavy atom. The first-order valence-electron chi connectivity index (χ1n) is 4.10. The molecule has 0 heterocycles. The Morgan fingerprint density at radius 1 is 1.50 bits per heavy atom. The van der Waals surface area contributed by atoms with Gasteiger partial charge in [0.15, 0.2) is 6.29 Å². The summed E-state index contributed by atoms with van der Waals surface area (Å²) < 4.78 is 4.54. The fraction of sp³-hybridized carbons (Fsp3) is 0.875. The summed E-state index contributed by atoms with van der Waals surface area (Å²) in [4.78, 5) is 10.8. The Morgan fingerprint density at radius 3 is 2.67 bits per heavy atom. The second-order valence-electron chi connectivity index (χ2n) is 2.59. The third kappa shape index (κ3) is 8.01. The first-order valence-corrected chi connectivity index (χ1v) is 5.22. The molecule has 0 rings (SSSR count). The molecule has 0 aromatic rings. The lowest BCUT2D eigenvalue weighted by Gasteiger charge is -2.05. The molecule has 0 aliphatic rings. The number of carbonyl (C=O) groups excluding carboxylic acids is 1. The second-order valence-corrected chi connectivity index (χ2v) is 3.38. The van der Waals surface area contributed by atoms with Gasteiger partial charge >= 0.3 is 5.97 Å². The predicted octanol–water partition coefficient (Wildman–Crippen LogP) is 1.82. The number of halogens is 1. The average molecular weight is 239 g/mol. The van der Waals surface area contributed by atoms with Gasteiger partial charge in [-0.05, 0) is 19.8 Å². The van der Waals surface area contributed by atoms with E-state index in [0.717, 1.165) is 24.6 Å². The average Bonchev–Trinajstić information content (AvgIpc) is 1.97. The van der Waals surface area contributed by atoms with Crippen LogP contribution in [0.15, 0.2) is 0 Å². The maximum absolute atomic E-state index is 10.8. The fourth-order valence-corrected chi connectivity index (χ4v) is 1.19. The quantitative estimate of drug-likeness (QED) is 0.333. The van der Waals surface area contributed by atoms with E-state index in [-0.39, 0.29) is 5.97 Å². The zero-order valence-corrected chi connectivity index (χ0v) is 8.84. The summed E-state index contributed by atoms with van der Waals surface area (Å²) in [5, 5.41) is 9.65. The van der Waals surface area contributed by atoms with Crippen LogP contribution in [0.25, 0.3) is 0 Å². The van der Waals surface area contributed by atoms with Gasteiger partial charge in [0, 0.05) is 11.8 Å². The Hall–Kier alpha value is -0.0900. The summed E-state index contributed by atoms with van der Waals surface area (Å²) in [6.07, 6.45) is 2.34. The summed E-state index contributed by atoms with van der Waals surface area (Å²) in [5.41, 5.74) is 0. The molecule has 0 radical (unpaired) electrons. The summed E-state index contributed by atoms with van der Waals surface area (Å²) in [6.45, 7) is 1.43. The van der Waals surface area contributed by atoms with Crippen molar-refractivity contribution in [3.8, 4) is 0 Å². The molecule has 1 N–H and O–H groups in total. The molecule has 0 saturated carbocycles. The highest BCUT2D eigenvalue weighted by molar-refractivity contribution is 9.09. The van der Waals surface area contributed by atoms with Gasteiger partial charge in [0.1, 0.15) is 0 Å². The number of alkyl halides is 1. The van der Waals surface area contributed by atoms with Crippen molar-refractivity contribution < 1.29 is 14.6 Å². The van der Waals surface area contributed by atoms with Gasteiger partial charge in [-0.15, -0.1) is 0 Å². The molecule has 0 amide bonds. The Bertz CT molecular complexity index is 125. The molecule has 0 aliphatic carbocycles. The van der Waals surface area contributed by atoms with E-state index in [0.29, 0.717) is 6.42 Å². The van der Waals surface area contributed by atoms with Crippen LogP contribution in [0.5, 0.6) is 0 Å². The van der Waals surface area contributed by atoms with Crippen molar-refractivity contribution in [2.75, 3.05) is 5.33 Å². The normalized spacial score (nSPS) is 12.6. The fourth-order valence-electron chi connectivity index (χ4n) is 0.790. The molecule has 0 bridgehead atoms. The van der Waals surface area contributed by atoms with E-state index < -0.39 is 6.29 Å². The highest BCUT2D eigenvalue weighted by Crippen LogP contribution is 2.03. The van der Waals surface area contributed by atoms with Crippen LogP contribution >= 0.6 is 15.9 Å². The molecular weight excluding hydrogens is 224 g/mol. The van der Waals surface area contributed by atoms with Gasteiger partial charge in [0.2, 0.25) is 0 Å². The third-order valence-electron chi connectivity index (χ3n) is 1.32. The Balaban J connectivity index is 3.20. The Kier molecular flexibility index (Phi) is 7.50. The van der Waals surface area contributed by atoms with Crippen LogP contribution < -0.4 is 0 Å². The Labute approximate surface area is 81.2 Å². The minimum atomic E-state index is -0.978. The molecule has 3 nitrogen and oxygen atoms in total. The van der Waals surface area contributed by atoms with Crippen molar-refractivity contribution in [2.45, 2.75) is 38.9 Å². The molecular formula is C8H15BrO3. The van der Waals surface area contributed by atoms with Gasteiger partial charge in [-0.3, -0.25) is 4.79 Å². The highest BCUT2D eigenvalue weighted by Gasteiger charge is 2.04. The van der Waals surface area contributed by atoms with Crippen molar-refractivity contribution in [3.05, 3.63) is 0 Å². The summed E-state index contributed by atoms with van der Waals surface area (Å²) in [5.74, 6) is -0.320. The first-order chi connectivity index (χ1) is 5.66. The number of ether oxygens (including phenoxy) is 1. The van der Waals surface area contributed by atoms with Crippen LogP contribution in [-0.4, -0.2) is 22.7 Å². The third-order valence-corrected chi connectivity index (χ3v) is 1.88. The lowest BCUT2D eigenvalue weighted by molar-refractivity contribution is -0.164. The van der Waals surface area contributed by atoms with E-state index in [9.17, 15) is 4.79 Å². The van der Waals surface area contributed by atoms with E-state index >= 15 is 0 Å². The zero-order chi connectivity index (χ0) is 9.40. The minimum Gasteiger partial charge on any atom is -0.436 e. The number of hydrogen-bond acceptors (Lipinski definition) is 3. The summed E-state index contributed by atoms with van der Waals surface area (Å²) >= 11 is 3.30. The standard InChI is InChI=1S/C8H15BrO3/c1-7(10)12-8(11)5-3-2-4-6-9/h7,10H,2-6H2,1H3. The molecule has 1 atom stereocenters. The van der Waals surface area contributed by atoms with Gasteiger partial charge in [0.25, 0.3) is 0 Å². The van der Waals surface area contributed by atoms with Crippen LogP contribution in [0.3, 0.4) is 0 Å². The number of aliphatic hydroxyl groups is 1. The van der Waals surface area contributed by atoms with Gasteiger partial charge in [-0.1, -0.05) is 22.4 Å². The molecule has 0 spiro atoms. The van der Waals surface area contributed by atoms with Crippen molar-refractivity contribution in [3.63, 3.8) is 0 Å².